The fourth-order valence-corrected chi connectivity index (χ4v) is 2.97. The molecular formula is C17H22N4O2. The third-order valence-electron chi connectivity index (χ3n) is 4.72. The van der Waals surface area contributed by atoms with Crippen LogP contribution in [0, 0.1) is 5.92 Å². The number of rotatable bonds is 6. The minimum absolute atomic E-state index is 0.0418. The lowest BCUT2D eigenvalue weighted by Crippen LogP contribution is -2.40. The summed E-state index contributed by atoms with van der Waals surface area (Å²) in [6.07, 6.45) is 5.04. The molecule has 2 fully saturated rings. The lowest BCUT2D eigenvalue weighted by atomic mass is 10.3. The number of hydrogen-bond donors (Lipinski definition) is 2. The van der Waals surface area contributed by atoms with Crippen molar-refractivity contribution in [2.45, 2.75) is 51.2 Å². The summed E-state index contributed by atoms with van der Waals surface area (Å²) in [5.74, 6) is 3.25. The molecule has 2 aliphatic rings. The second kappa shape index (κ2) is 5.76. The first-order valence-electron chi connectivity index (χ1n) is 8.32. The average Bonchev–Trinajstić information content (AvgIpc) is 3.40. The highest BCUT2D eigenvalue weighted by Crippen LogP contribution is 2.47. The minimum Gasteiger partial charge on any atom is -0.464 e. The molecule has 2 saturated carbocycles. The summed E-state index contributed by atoms with van der Waals surface area (Å²) < 4.78 is 5.95. The zero-order chi connectivity index (χ0) is 15.8. The fourth-order valence-electron chi connectivity index (χ4n) is 2.97. The molecule has 0 bridgehead atoms. The van der Waals surface area contributed by atoms with Gasteiger partial charge in [-0.25, -0.2) is 4.79 Å². The highest BCUT2D eigenvalue weighted by atomic mass is 16.3. The van der Waals surface area contributed by atoms with E-state index in [-0.39, 0.29) is 6.03 Å². The van der Waals surface area contributed by atoms with Crippen molar-refractivity contribution in [3.8, 4) is 0 Å². The van der Waals surface area contributed by atoms with Crippen LogP contribution in [0.2, 0.25) is 0 Å². The van der Waals surface area contributed by atoms with Gasteiger partial charge in [-0.05, 0) is 43.4 Å². The molecule has 0 unspecified atom stereocenters. The van der Waals surface area contributed by atoms with Crippen molar-refractivity contribution >= 4 is 6.03 Å². The quantitative estimate of drug-likeness (QED) is 0.860. The number of carbonyl (C=O) groups is 1. The maximum atomic E-state index is 12.5. The Morgan fingerprint density at radius 2 is 2.26 bits per heavy atom. The van der Waals surface area contributed by atoms with Crippen LogP contribution in [0.3, 0.4) is 0 Å². The Hall–Kier alpha value is -2.24. The van der Waals surface area contributed by atoms with E-state index in [0.717, 1.165) is 36.0 Å². The van der Waals surface area contributed by atoms with Gasteiger partial charge in [-0.2, -0.15) is 5.10 Å². The summed E-state index contributed by atoms with van der Waals surface area (Å²) in [6.45, 7) is 3.25. The normalized spacial score (nSPS) is 22.8. The minimum atomic E-state index is -0.0418. The van der Waals surface area contributed by atoms with Gasteiger partial charge in [0.1, 0.15) is 11.5 Å². The number of nitrogens with one attached hydrogen (secondary N) is 2. The van der Waals surface area contributed by atoms with Crippen LogP contribution in [0.5, 0.6) is 0 Å². The first-order chi connectivity index (χ1) is 11.2. The van der Waals surface area contributed by atoms with E-state index in [1.54, 1.807) is 6.20 Å². The van der Waals surface area contributed by atoms with Gasteiger partial charge >= 0.3 is 6.03 Å². The van der Waals surface area contributed by atoms with Crippen LogP contribution >= 0.6 is 0 Å². The number of urea groups is 1. The van der Waals surface area contributed by atoms with Crippen LogP contribution in [0.4, 0.5) is 4.79 Å². The second-order valence-corrected chi connectivity index (χ2v) is 6.72. The number of H-pyrrole nitrogens is 1. The zero-order valence-electron chi connectivity index (χ0n) is 13.3. The van der Waals surface area contributed by atoms with E-state index in [2.05, 4.69) is 28.5 Å². The van der Waals surface area contributed by atoms with Crippen LogP contribution in [-0.4, -0.2) is 27.2 Å². The number of carbonyl (C=O) groups excluding carboxylic acids is 1. The molecule has 0 aliphatic heterocycles. The molecule has 2 N–H and O–H groups in total. The van der Waals surface area contributed by atoms with Crippen molar-refractivity contribution in [2.24, 2.45) is 5.92 Å². The molecule has 0 aromatic carbocycles. The Balaban J connectivity index is 1.37. The molecule has 2 amide bonds. The molecule has 23 heavy (non-hydrogen) atoms. The van der Waals surface area contributed by atoms with E-state index >= 15 is 0 Å². The highest BCUT2D eigenvalue weighted by Gasteiger charge is 2.37. The maximum absolute atomic E-state index is 12.5. The number of nitrogens with zero attached hydrogens (tertiary/aromatic N) is 2. The average molecular weight is 314 g/mol. The Morgan fingerprint density at radius 3 is 2.91 bits per heavy atom. The molecule has 6 heteroatoms. The number of furan rings is 1. The van der Waals surface area contributed by atoms with Crippen molar-refractivity contribution in [1.82, 2.24) is 20.4 Å². The largest absolute Gasteiger partial charge is 0.464 e. The molecule has 0 radical (unpaired) electrons. The molecule has 4 rings (SSSR count). The SMILES string of the molecule is C[C@@H]1C[C@H]1c1ccc(CN(C(=O)NCc2ccn[nH]2)C2CC2)o1. The number of amides is 2. The molecule has 2 aromatic heterocycles. The first-order valence-corrected chi connectivity index (χ1v) is 8.32. The van der Waals surface area contributed by atoms with E-state index in [1.165, 1.54) is 6.42 Å². The third-order valence-corrected chi connectivity index (χ3v) is 4.72. The maximum Gasteiger partial charge on any atom is 0.318 e. The third kappa shape index (κ3) is 3.25. The van der Waals surface area contributed by atoms with Gasteiger partial charge in [0.05, 0.1) is 18.8 Å². The number of aromatic amines is 1. The van der Waals surface area contributed by atoms with E-state index in [4.69, 9.17) is 4.42 Å². The van der Waals surface area contributed by atoms with Crippen LogP contribution < -0.4 is 5.32 Å². The standard InChI is InChI=1S/C17H22N4O2/c1-11-8-15(11)16-5-4-14(23-16)10-21(13-2-3-13)17(22)18-9-12-6-7-19-20-12/h4-7,11,13,15H,2-3,8-10H2,1H3,(H,18,22)(H,19,20)/t11-,15-/m1/s1. The van der Waals surface area contributed by atoms with Gasteiger partial charge in [0.25, 0.3) is 0 Å². The lowest BCUT2D eigenvalue weighted by Gasteiger charge is -2.21. The van der Waals surface area contributed by atoms with Crippen molar-refractivity contribution in [2.75, 3.05) is 0 Å². The molecule has 2 heterocycles. The van der Waals surface area contributed by atoms with Gasteiger partial charge in [0, 0.05) is 18.2 Å². The van der Waals surface area contributed by atoms with Crippen molar-refractivity contribution in [3.05, 3.63) is 41.6 Å². The Labute approximate surface area is 135 Å². The number of hydrogen-bond acceptors (Lipinski definition) is 3. The van der Waals surface area contributed by atoms with E-state index in [9.17, 15) is 4.79 Å². The topological polar surface area (TPSA) is 74.2 Å². The van der Waals surface area contributed by atoms with Crippen LogP contribution in [0.25, 0.3) is 0 Å². The van der Waals surface area contributed by atoms with Gasteiger partial charge in [-0.1, -0.05) is 6.92 Å². The Kier molecular flexibility index (Phi) is 3.59. The molecule has 122 valence electrons. The van der Waals surface area contributed by atoms with Crippen molar-refractivity contribution in [1.29, 1.82) is 0 Å². The van der Waals surface area contributed by atoms with Gasteiger partial charge < -0.3 is 14.6 Å². The van der Waals surface area contributed by atoms with Crippen LogP contribution in [-0.2, 0) is 13.1 Å². The smallest absolute Gasteiger partial charge is 0.318 e. The summed E-state index contributed by atoms with van der Waals surface area (Å²) in [4.78, 5) is 14.4. The summed E-state index contributed by atoms with van der Waals surface area (Å²) in [7, 11) is 0. The Bertz CT molecular complexity index is 675. The van der Waals surface area contributed by atoms with Crippen LogP contribution in [0.15, 0.2) is 28.8 Å². The van der Waals surface area contributed by atoms with Gasteiger partial charge in [0.15, 0.2) is 0 Å². The monoisotopic (exact) mass is 314 g/mol. The fraction of sp³-hybridized carbons (Fsp3) is 0.529. The predicted octanol–water partition coefficient (Wildman–Crippen LogP) is 3.00. The lowest BCUT2D eigenvalue weighted by molar-refractivity contribution is 0.186. The summed E-state index contributed by atoms with van der Waals surface area (Å²) in [5, 5.41) is 9.69. The van der Waals surface area contributed by atoms with E-state index in [1.807, 2.05) is 17.0 Å². The van der Waals surface area contributed by atoms with Crippen LogP contribution in [0.1, 0.15) is 49.3 Å². The van der Waals surface area contributed by atoms with Crippen molar-refractivity contribution in [3.63, 3.8) is 0 Å². The number of aromatic nitrogens is 2. The molecular weight excluding hydrogens is 292 g/mol. The van der Waals surface area contributed by atoms with E-state index < -0.39 is 0 Å². The molecule has 0 saturated heterocycles. The van der Waals surface area contributed by atoms with Gasteiger partial charge in [-0.3, -0.25) is 5.10 Å². The van der Waals surface area contributed by atoms with Gasteiger partial charge in [0.2, 0.25) is 0 Å². The second-order valence-electron chi connectivity index (χ2n) is 6.72. The van der Waals surface area contributed by atoms with Crippen molar-refractivity contribution < 1.29 is 9.21 Å². The molecule has 2 aliphatic carbocycles. The van der Waals surface area contributed by atoms with E-state index in [0.29, 0.717) is 25.0 Å². The Morgan fingerprint density at radius 1 is 1.43 bits per heavy atom. The summed E-state index contributed by atoms with van der Waals surface area (Å²) in [6, 6.07) is 6.23. The molecule has 0 spiro atoms. The molecule has 6 nitrogen and oxygen atoms in total. The first kappa shape index (κ1) is 14.4. The highest BCUT2D eigenvalue weighted by molar-refractivity contribution is 5.74. The summed E-state index contributed by atoms with van der Waals surface area (Å²) in [5.41, 5.74) is 0.900. The zero-order valence-corrected chi connectivity index (χ0v) is 13.3. The molecule has 2 aromatic rings. The summed E-state index contributed by atoms with van der Waals surface area (Å²) >= 11 is 0. The predicted molar refractivity (Wildman–Crippen MR) is 84.6 cm³/mol. The molecule has 2 atom stereocenters. The van der Waals surface area contributed by atoms with Gasteiger partial charge in [-0.15, -0.1) is 0 Å².